The first-order chi connectivity index (χ1) is 16.7. The minimum atomic E-state index is -4.70. The molecule has 1 spiro atoms. The molecule has 2 saturated carbocycles. The zero-order valence-corrected chi connectivity index (χ0v) is 18.1. The van der Waals surface area contributed by atoms with Crippen molar-refractivity contribution in [3.05, 3.63) is 71.7 Å². The molecule has 2 aromatic heterocycles. The van der Waals surface area contributed by atoms with Gasteiger partial charge in [-0.2, -0.15) is 13.2 Å². The van der Waals surface area contributed by atoms with Crippen molar-refractivity contribution < 1.29 is 26.7 Å². The van der Waals surface area contributed by atoms with Gasteiger partial charge in [0.1, 0.15) is 5.82 Å². The van der Waals surface area contributed by atoms with E-state index >= 15 is 0 Å². The highest BCUT2D eigenvalue weighted by molar-refractivity contribution is 6.01. The summed E-state index contributed by atoms with van der Waals surface area (Å²) < 4.78 is 67.1. The largest absolute Gasteiger partial charge is 0.417 e. The molecule has 1 N–H and O–H groups in total. The Morgan fingerprint density at radius 1 is 1.09 bits per heavy atom. The van der Waals surface area contributed by atoms with Crippen LogP contribution in [-0.2, 0) is 6.18 Å². The van der Waals surface area contributed by atoms with Gasteiger partial charge >= 0.3 is 6.18 Å². The van der Waals surface area contributed by atoms with Gasteiger partial charge in [-0.15, -0.1) is 0 Å². The van der Waals surface area contributed by atoms with Gasteiger partial charge in [0.2, 0.25) is 0 Å². The van der Waals surface area contributed by atoms with E-state index in [4.69, 9.17) is 0 Å². The summed E-state index contributed by atoms with van der Waals surface area (Å²) in [6.07, 6.45) is 0.492. The highest BCUT2D eigenvalue weighted by Crippen LogP contribution is 2.71. The van der Waals surface area contributed by atoms with Crippen molar-refractivity contribution >= 4 is 11.7 Å². The zero-order chi connectivity index (χ0) is 24.5. The SMILES string of the molecule is O=C(c1cc(F)ccc1-c1ncccn1)N1CC2CC23CC(Nc2ncc(C(F)(F)F)cc2F)C13. The average molecular weight is 487 g/mol. The summed E-state index contributed by atoms with van der Waals surface area (Å²) in [7, 11) is 0. The Morgan fingerprint density at radius 2 is 1.86 bits per heavy atom. The molecule has 1 amide bonds. The lowest BCUT2D eigenvalue weighted by atomic mass is 9.71. The van der Waals surface area contributed by atoms with E-state index < -0.39 is 35.3 Å². The number of benzene rings is 1. The summed E-state index contributed by atoms with van der Waals surface area (Å²) in [5.74, 6) is -1.81. The lowest BCUT2D eigenvalue weighted by molar-refractivity contribution is -0.138. The molecular formula is C24H18F5N5O. The van der Waals surface area contributed by atoms with Crippen LogP contribution in [0.5, 0.6) is 0 Å². The van der Waals surface area contributed by atoms with Crippen LogP contribution in [0.2, 0.25) is 0 Å². The monoisotopic (exact) mass is 487 g/mol. The van der Waals surface area contributed by atoms with Crippen LogP contribution >= 0.6 is 0 Å². The molecule has 180 valence electrons. The number of rotatable bonds is 4. The van der Waals surface area contributed by atoms with Gasteiger partial charge in [0.05, 0.1) is 17.2 Å². The predicted octanol–water partition coefficient (Wildman–Crippen LogP) is 4.55. The fourth-order valence-electron chi connectivity index (χ4n) is 5.71. The summed E-state index contributed by atoms with van der Waals surface area (Å²) in [6, 6.07) is 5.18. The highest BCUT2D eigenvalue weighted by atomic mass is 19.4. The third kappa shape index (κ3) is 3.43. The van der Waals surface area contributed by atoms with Gasteiger partial charge in [-0.05, 0) is 54.5 Å². The van der Waals surface area contributed by atoms with Crippen molar-refractivity contribution in [2.45, 2.75) is 31.1 Å². The van der Waals surface area contributed by atoms with E-state index in [1.54, 1.807) is 11.0 Å². The van der Waals surface area contributed by atoms with Gasteiger partial charge < -0.3 is 10.2 Å². The van der Waals surface area contributed by atoms with Crippen LogP contribution in [0, 0.1) is 23.0 Å². The third-order valence-electron chi connectivity index (χ3n) is 7.37. The van der Waals surface area contributed by atoms with E-state index in [0.717, 1.165) is 12.5 Å². The number of hydrogen-bond acceptors (Lipinski definition) is 5. The van der Waals surface area contributed by atoms with Gasteiger partial charge in [0, 0.05) is 36.7 Å². The Hall–Kier alpha value is -3.63. The van der Waals surface area contributed by atoms with Gasteiger partial charge in [-0.3, -0.25) is 4.79 Å². The first-order valence-electron chi connectivity index (χ1n) is 11.0. The molecule has 3 aliphatic rings. The number of aromatic nitrogens is 3. The molecule has 2 aliphatic carbocycles. The smallest absolute Gasteiger partial charge is 0.363 e. The lowest BCUT2D eigenvalue weighted by Gasteiger charge is -2.48. The van der Waals surface area contributed by atoms with Crippen molar-refractivity contribution in [1.29, 1.82) is 0 Å². The molecule has 4 atom stereocenters. The molecule has 11 heteroatoms. The van der Waals surface area contributed by atoms with Crippen LogP contribution in [-0.4, -0.2) is 44.4 Å². The molecule has 0 bridgehead atoms. The number of alkyl halides is 3. The van der Waals surface area contributed by atoms with Crippen molar-refractivity contribution in [3.8, 4) is 11.4 Å². The number of pyridine rings is 1. The number of amides is 1. The second kappa shape index (κ2) is 7.43. The highest BCUT2D eigenvalue weighted by Gasteiger charge is 2.75. The number of carbonyl (C=O) groups excluding carboxylic acids is 1. The van der Waals surface area contributed by atoms with E-state index in [9.17, 15) is 26.7 Å². The molecular weight excluding hydrogens is 469 g/mol. The lowest BCUT2D eigenvalue weighted by Crippen LogP contribution is -2.60. The number of nitrogens with zero attached hydrogens (tertiary/aromatic N) is 4. The van der Waals surface area contributed by atoms with E-state index in [2.05, 4.69) is 20.3 Å². The molecule has 3 aromatic rings. The van der Waals surface area contributed by atoms with Gasteiger partial charge in [-0.1, -0.05) is 0 Å². The number of likely N-dealkylation sites (tertiary alicyclic amines) is 1. The number of carbonyl (C=O) groups is 1. The molecule has 6 nitrogen and oxygen atoms in total. The zero-order valence-electron chi connectivity index (χ0n) is 18.1. The van der Waals surface area contributed by atoms with Crippen LogP contribution in [0.1, 0.15) is 28.8 Å². The van der Waals surface area contributed by atoms with Gasteiger partial charge in [0.25, 0.3) is 5.91 Å². The number of hydrogen-bond donors (Lipinski definition) is 1. The summed E-state index contributed by atoms with van der Waals surface area (Å²) in [5.41, 5.74) is -0.762. The molecule has 35 heavy (non-hydrogen) atoms. The standard InChI is InChI=1S/C24H18F5N5O/c25-14-2-3-15(20-30-4-1-5-31-20)16(7-14)22(35)34-11-13-8-23(13)9-18(19(23)34)33-21-17(26)6-12(10-32-21)24(27,28)29/h1-7,10,13,18-19H,8-9,11H2,(H,32,33). The van der Waals surface area contributed by atoms with Crippen molar-refractivity contribution in [3.63, 3.8) is 0 Å². The Balaban J connectivity index is 1.28. The summed E-state index contributed by atoms with van der Waals surface area (Å²) >= 11 is 0. The minimum Gasteiger partial charge on any atom is -0.363 e. The summed E-state index contributed by atoms with van der Waals surface area (Å²) in [4.78, 5) is 27.3. The maximum absolute atomic E-state index is 14.4. The Kier molecular flexibility index (Phi) is 4.64. The number of halogens is 5. The first kappa shape index (κ1) is 21.9. The molecule has 3 heterocycles. The Morgan fingerprint density at radius 3 is 2.57 bits per heavy atom. The second-order valence-corrected chi connectivity index (χ2v) is 9.31. The molecule has 6 rings (SSSR count). The van der Waals surface area contributed by atoms with Gasteiger partial charge in [0.15, 0.2) is 17.5 Å². The number of piperidine rings is 1. The van der Waals surface area contributed by atoms with E-state index in [0.29, 0.717) is 30.8 Å². The fraction of sp³-hybridized carbons (Fsp3) is 0.333. The van der Waals surface area contributed by atoms with E-state index in [1.807, 2.05) is 0 Å². The molecule has 1 aliphatic heterocycles. The predicted molar refractivity (Wildman–Crippen MR) is 114 cm³/mol. The minimum absolute atomic E-state index is 0.105. The normalized spacial score (nSPS) is 26.5. The summed E-state index contributed by atoms with van der Waals surface area (Å²) in [5, 5.41) is 2.90. The Bertz CT molecular complexity index is 1330. The average Bonchev–Trinajstić information content (AvgIpc) is 3.48. The summed E-state index contributed by atoms with van der Waals surface area (Å²) in [6.45, 7) is 0.468. The molecule has 0 radical (unpaired) electrons. The van der Waals surface area contributed by atoms with Crippen molar-refractivity contribution in [1.82, 2.24) is 19.9 Å². The van der Waals surface area contributed by atoms with E-state index in [1.165, 1.54) is 24.5 Å². The Labute approximate surface area is 196 Å². The van der Waals surface area contributed by atoms with Crippen LogP contribution in [0.15, 0.2) is 48.9 Å². The quantitative estimate of drug-likeness (QED) is 0.547. The fourth-order valence-corrected chi connectivity index (χ4v) is 5.71. The topological polar surface area (TPSA) is 71.0 Å². The van der Waals surface area contributed by atoms with Gasteiger partial charge in [-0.25, -0.2) is 23.7 Å². The first-order valence-corrected chi connectivity index (χ1v) is 11.0. The van der Waals surface area contributed by atoms with Crippen LogP contribution < -0.4 is 5.32 Å². The van der Waals surface area contributed by atoms with Crippen molar-refractivity contribution in [2.24, 2.45) is 11.3 Å². The maximum Gasteiger partial charge on any atom is 0.417 e. The second-order valence-electron chi connectivity index (χ2n) is 9.31. The number of nitrogens with one attached hydrogen (secondary N) is 1. The van der Waals surface area contributed by atoms with E-state index in [-0.39, 0.29) is 34.6 Å². The maximum atomic E-state index is 14.4. The molecule has 1 saturated heterocycles. The molecule has 4 unspecified atom stereocenters. The van der Waals surface area contributed by atoms with Crippen LogP contribution in [0.25, 0.3) is 11.4 Å². The van der Waals surface area contributed by atoms with Crippen LogP contribution in [0.4, 0.5) is 27.8 Å². The molecule has 3 fully saturated rings. The van der Waals surface area contributed by atoms with Crippen LogP contribution in [0.3, 0.4) is 0 Å². The third-order valence-corrected chi connectivity index (χ3v) is 7.37. The number of anilines is 1. The van der Waals surface area contributed by atoms with Crippen molar-refractivity contribution in [2.75, 3.05) is 11.9 Å². The molecule has 1 aromatic carbocycles.